The summed E-state index contributed by atoms with van der Waals surface area (Å²) in [4.78, 5) is 50.5. The number of aliphatic imine (C=N–C) groups is 1. The van der Waals surface area contributed by atoms with Crippen molar-refractivity contribution in [3.63, 3.8) is 0 Å². The largest absolute Gasteiger partial charge is 0.420 e. The molecular weight excluding hydrogens is 767 g/mol. The Kier molecular flexibility index (Phi) is 14.7. The number of carbonyl (C=O) groups is 3. The van der Waals surface area contributed by atoms with Crippen molar-refractivity contribution in [2.45, 2.75) is 79.2 Å². The van der Waals surface area contributed by atoms with E-state index in [-0.39, 0.29) is 37.3 Å². The van der Waals surface area contributed by atoms with E-state index in [1.807, 2.05) is 72.2 Å². The van der Waals surface area contributed by atoms with Crippen molar-refractivity contribution in [2.24, 2.45) is 16.1 Å². The number of carbonyl (C=O) groups excluding carboxylic acids is 3. The van der Waals surface area contributed by atoms with Crippen LogP contribution in [0.3, 0.4) is 0 Å². The summed E-state index contributed by atoms with van der Waals surface area (Å²) in [7, 11) is 0. The smallest absolute Gasteiger partial charge is 0.317 e. The maximum atomic E-state index is 14.1. The molecule has 0 aromatic heterocycles. The number of ether oxygens (including phenoxy) is 2. The second-order valence-electron chi connectivity index (χ2n) is 16.4. The van der Waals surface area contributed by atoms with Crippen LogP contribution in [0.25, 0.3) is 17.2 Å². The summed E-state index contributed by atoms with van der Waals surface area (Å²) >= 11 is 0. The van der Waals surface area contributed by atoms with Gasteiger partial charge in [0.15, 0.2) is 11.6 Å². The predicted octanol–water partition coefficient (Wildman–Crippen LogP) is 8.30. The standard InChI is InChI=1S/C45H55F4N5O5/c1-7-16-53(17-8-2)42(56)33-25-31-13-12-30(26-36(31)51-37(50)27-33)29-10-9-11-32(24-29)41(55)54-21-19-52(20-22-54)18-14-45(5,6)58-23-15-44(3,4)43(57)59-40-38(48)34(46)28-35(47)39(40)49/h9-13,24-26,28H,7-8,14-23,27H2,1-6H3,(H2,50,51). The molecule has 10 nitrogen and oxygen atoms in total. The number of benzene rings is 3. The number of nitrogens with two attached hydrogens (primary N) is 1. The minimum Gasteiger partial charge on any atom is -0.420 e. The van der Waals surface area contributed by atoms with Gasteiger partial charge in [-0.3, -0.25) is 19.3 Å². The predicted molar refractivity (Wildman–Crippen MR) is 220 cm³/mol. The van der Waals surface area contributed by atoms with Gasteiger partial charge in [0.2, 0.25) is 23.3 Å². The second-order valence-corrected chi connectivity index (χ2v) is 16.4. The molecule has 3 aromatic carbocycles. The van der Waals surface area contributed by atoms with Crippen LogP contribution in [0.2, 0.25) is 0 Å². The number of esters is 1. The normalized spacial score (nSPS) is 14.9. The third kappa shape index (κ3) is 11.4. The highest BCUT2D eigenvalue weighted by atomic mass is 19.2. The van der Waals surface area contributed by atoms with Crippen LogP contribution < -0.4 is 10.5 Å². The molecule has 1 fully saturated rings. The summed E-state index contributed by atoms with van der Waals surface area (Å²) in [6.45, 7) is 15.5. The number of fused-ring (bicyclic) bond motifs is 1. The molecule has 2 aliphatic rings. The first kappa shape index (κ1) is 45.0. The monoisotopic (exact) mass is 821 g/mol. The van der Waals surface area contributed by atoms with Crippen LogP contribution >= 0.6 is 0 Å². The van der Waals surface area contributed by atoms with Gasteiger partial charge in [0.25, 0.3) is 5.91 Å². The van der Waals surface area contributed by atoms with Gasteiger partial charge >= 0.3 is 5.97 Å². The summed E-state index contributed by atoms with van der Waals surface area (Å²) in [5.74, 6) is -9.08. The molecule has 2 N–H and O–H groups in total. The Morgan fingerprint density at radius 2 is 1.49 bits per heavy atom. The van der Waals surface area contributed by atoms with Gasteiger partial charge in [-0.15, -0.1) is 0 Å². The lowest BCUT2D eigenvalue weighted by Gasteiger charge is -2.36. The maximum absolute atomic E-state index is 14.1. The van der Waals surface area contributed by atoms with Gasteiger partial charge in [0.1, 0.15) is 5.84 Å². The molecule has 5 rings (SSSR count). The number of hydrogen-bond donors (Lipinski definition) is 1. The van der Waals surface area contributed by atoms with Gasteiger partial charge in [0.05, 0.1) is 16.7 Å². The van der Waals surface area contributed by atoms with Crippen LogP contribution in [-0.2, 0) is 14.3 Å². The Hall–Kier alpha value is -5.08. The summed E-state index contributed by atoms with van der Waals surface area (Å²) in [6, 6.07) is 13.4. The Morgan fingerprint density at radius 3 is 2.14 bits per heavy atom. The van der Waals surface area contributed by atoms with Crippen LogP contribution in [0, 0.1) is 28.7 Å². The number of hydrogen-bond acceptors (Lipinski definition) is 8. The SMILES string of the molecule is CCCN(CCC)C(=O)C1=Cc2ccc(-c3cccc(C(=O)N4CCN(CCC(C)(C)OCCC(C)(C)C(=O)Oc5c(F)c(F)cc(F)c5F)CC4)c3)cc2N=C(N)C1. The van der Waals surface area contributed by atoms with E-state index < -0.39 is 46.0 Å². The van der Waals surface area contributed by atoms with Gasteiger partial charge in [-0.2, -0.15) is 8.78 Å². The fraction of sp³-hybridized carbons (Fsp3) is 0.467. The maximum Gasteiger partial charge on any atom is 0.317 e. The zero-order valence-corrected chi connectivity index (χ0v) is 34.8. The first-order chi connectivity index (χ1) is 27.9. The van der Waals surface area contributed by atoms with Crippen LogP contribution in [-0.4, -0.2) is 96.3 Å². The first-order valence-corrected chi connectivity index (χ1v) is 20.2. The molecule has 1 saturated heterocycles. The fourth-order valence-corrected chi connectivity index (χ4v) is 7.01. The topological polar surface area (TPSA) is 118 Å². The van der Waals surface area contributed by atoms with Crippen LogP contribution in [0.1, 0.15) is 89.6 Å². The Labute approximate surface area is 344 Å². The minimum atomic E-state index is -1.78. The summed E-state index contributed by atoms with van der Waals surface area (Å²) < 4.78 is 66.2. The molecule has 3 aromatic rings. The highest BCUT2D eigenvalue weighted by molar-refractivity contribution is 6.05. The average molecular weight is 822 g/mol. The van der Waals surface area contributed by atoms with Crippen molar-refractivity contribution in [3.05, 3.63) is 88.5 Å². The number of halogens is 4. The zero-order chi connectivity index (χ0) is 43.1. The van der Waals surface area contributed by atoms with Gasteiger partial charge in [0, 0.05) is 81.6 Å². The van der Waals surface area contributed by atoms with E-state index in [1.54, 1.807) is 0 Å². The number of amidine groups is 1. The fourth-order valence-electron chi connectivity index (χ4n) is 7.01. The molecular formula is C45H55F4N5O5. The van der Waals surface area contributed by atoms with Crippen molar-refractivity contribution in [3.8, 4) is 16.9 Å². The van der Waals surface area contributed by atoms with E-state index in [1.165, 1.54) is 13.8 Å². The first-order valence-electron chi connectivity index (χ1n) is 20.2. The third-order valence-corrected chi connectivity index (χ3v) is 10.7. The molecule has 59 heavy (non-hydrogen) atoms. The quantitative estimate of drug-likeness (QED) is 0.0669. The van der Waals surface area contributed by atoms with Gasteiger partial charge in [-0.1, -0.05) is 38.1 Å². The molecule has 318 valence electrons. The zero-order valence-electron chi connectivity index (χ0n) is 34.8. The number of piperazine rings is 1. The molecule has 0 aliphatic carbocycles. The van der Waals surface area contributed by atoms with E-state index >= 15 is 0 Å². The molecule has 0 bridgehead atoms. The van der Waals surface area contributed by atoms with Crippen molar-refractivity contribution in [1.29, 1.82) is 0 Å². The molecule has 0 spiro atoms. The Bertz CT molecular complexity index is 2060. The van der Waals surface area contributed by atoms with E-state index in [0.717, 1.165) is 29.5 Å². The molecule has 2 heterocycles. The van der Waals surface area contributed by atoms with E-state index in [2.05, 4.69) is 23.7 Å². The average Bonchev–Trinajstić information content (AvgIpc) is 3.37. The highest BCUT2D eigenvalue weighted by Crippen LogP contribution is 2.34. The van der Waals surface area contributed by atoms with Crippen molar-refractivity contribution in [1.82, 2.24) is 14.7 Å². The lowest BCUT2D eigenvalue weighted by atomic mass is 9.90. The summed E-state index contributed by atoms with van der Waals surface area (Å²) in [5.41, 5.74) is 8.86. The summed E-state index contributed by atoms with van der Waals surface area (Å²) in [6.07, 6.45) is 4.66. The molecule has 0 radical (unpaired) electrons. The van der Waals surface area contributed by atoms with Gasteiger partial charge in [-0.25, -0.2) is 13.8 Å². The number of rotatable bonds is 16. The van der Waals surface area contributed by atoms with Crippen molar-refractivity contribution < 1.29 is 41.4 Å². The van der Waals surface area contributed by atoms with E-state index in [4.69, 9.17) is 15.2 Å². The highest BCUT2D eigenvalue weighted by Gasteiger charge is 2.34. The molecule has 2 amide bonds. The Morgan fingerprint density at radius 1 is 0.847 bits per heavy atom. The van der Waals surface area contributed by atoms with Crippen molar-refractivity contribution >= 4 is 35.4 Å². The lowest BCUT2D eigenvalue weighted by molar-refractivity contribution is -0.146. The second kappa shape index (κ2) is 19.3. The third-order valence-electron chi connectivity index (χ3n) is 10.7. The minimum absolute atomic E-state index is 0.0177. The number of amides is 2. The van der Waals surface area contributed by atoms with Gasteiger partial charge < -0.3 is 25.0 Å². The lowest BCUT2D eigenvalue weighted by Crippen LogP contribution is -2.49. The number of nitrogens with zero attached hydrogens (tertiary/aromatic N) is 4. The molecule has 0 unspecified atom stereocenters. The van der Waals surface area contributed by atoms with E-state index in [0.29, 0.717) is 74.9 Å². The van der Waals surface area contributed by atoms with Crippen LogP contribution in [0.4, 0.5) is 23.2 Å². The molecule has 0 saturated carbocycles. The van der Waals surface area contributed by atoms with Gasteiger partial charge in [-0.05, 0) is 88.8 Å². The molecule has 0 atom stereocenters. The Balaban J connectivity index is 1.12. The molecule has 2 aliphatic heterocycles. The summed E-state index contributed by atoms with van der Waals surface area (Å²) in [5, 5.41) is 0. The van der Waals surface area contributed by atoms with Crippen LogP contribution in [0.15, 0.2) is 59.1 Å². The van der Waals surface area contributed by atoms with Crippen LogP contribution in [0.5, 0.6) is 5.75 Å². The van der Waals surface area contributed by atoms with Crippen molar-refractivity contribution in [2.75, 3.05) is 52.4 Å². The van der Waals surface area contributed by atoms with E-state index in [9.17, 15) is 31.9 Å². The molecule has 14 heteroatoms.